The monoisotopic (exact) mass is 337 g/mol. The second-order valence-corrected chi connectivity index (χ2v) is 5.04. The summed E-state index contributed by atoms with van der Waals surface area (Å²) in [6.45, 7) is 0. The lowest BCUT2D eigenvalue weighted by molar-refractivity contribution is -0.198. The molecule has 0 aromatic carbocycles. The minimum Gasteiger partial charge on any atom is -0.364 e. The number of hydroxylamine groups is 1. The summed E-state index contributed by atoms with van der Waals surface area (Å²) in [7, 11) is 0. The van der Waals surface area contributed by atoms with Gasteiger partial charge in [-0.05, 0) is 12.2 Å². The van der Waals surface area contributed by atoms with Crippen LogP contribution in [0.25, 0.3) is 0 Å². The Morgan fingerprint density at radius 3 is 2.42 bits per heavy atom. The van der Waals surface area contributed by atoms with Gasteiger partial charge in [-0.3, -0.25) is 4.79 Å². The van der Waals surface area contributed by atoms with Gasteiger partial charge in [0.05, 0.1) is 0 Å². The van der Waals surface area contributed by atoms with Gasteiger partial charge >= 0.3 is 0 Å². The first-order valence-electron chi connectivity index (χ1n) is 4.47. The molecule has 1 amide bonds. The Morgan fingerprint density at radius 1 is 1.32 bits per heavy atom. The first-order chi connectivity index (χ1) is 8.99. The first-order valence-corrected chi connectivity index (χ1v) is 6.18. The molecular weight excluding hydrogens is 330 g/mol. The van der Waals surface area contributed by atoms with E-state index in [1.54, 1.807) is 6.20 Å². The van der Waals surface area contributed by atoms with E-state index < -0.39 is 5.91 Å². The number of hydrogen-bond acceptors (Lipinski definition) is 8. The molecule has 1 rings (SSSR count). The molecule has 8 nitrogen and oxygen atoms in total. The number of amides is 1. The number of nitrogens with one attached hydrogen (secondary N) is 2. The summed E-state index contributed by atoms with van der Waals surface area (Å²) >= 11 is 17.2. The molecule has 0 saturated carbocycles. The van der Waals surface area contributed by atoms with Crippen molar-refractivity contribution in [3.05, 3.63) is 29.2 Å². The van der Waals surface area contributed by atoms with E-state index in [1.165, 1.54) is 12.4 Å². The lowest BCUT2D eigenvalue weighted by atomic mass is 10.4. The molecule has 1 heterocycles. The van der Waals surface area contributed by atoms with Crippen LogP contribution in [0.1, 0.15) is 0 Å². The second-order valence-electron chi connectivity index (χ2n) is 2.81. The second kappa shape index (κ2) is 7.28. The molecule has 0 aromatic heterocycles. The van der Waals surface area contributed by atoms with Crippen molar-refractivity contribution in [3.63, 3.8) is 0 Å². The molecule has 0 fully saturated rings. The van der Waals surface area contributed by atoms with Crippen molar-refractivity contribution in [1.82, 2.24) is 20.8 Å². The van der Waals surface area contributed by atoms with Gasteiger partial charge in [-0.25, -0.2) is 4.94 Å². The largest absolute Gasteiger partial charge is 0.364 e. The van der Waals surface area contributed by atoms with Crippen molar-refractivity contribution >= 4 is 64.2 Å². The molecule has 1 aliphatic rings. The van der Waals surface area contributed by atoms with E-state index in [0.717, 1.165) is 0 Å². The van der Waals surface area contributed by atoms with Crippen LogP contribution in [0.4, 0.5) is 0 Å². The van der Waals surface area contributed by atoms with Crippen molar-refractivity contribution < 1.29 is 9.73 Å². The molecule has 0 saturated heterocycles. The summed E-state index contributed by atoms with van der Waals surface area (Å²) in [5.41, 5.74) is 0.114. The van der Waals surface area contributed by atoms with Crippen LogP contribution in [0.5, 0.6) is 0 Å². The highest BCUT2D eigenvalue weighted by atomic mass is 32.1. The van der Waals surface area contributed by atoms with E-state index in [9.17, 15) is 9.70 Å². The van der Waals surface area contributed by atoms with Gasteiger partial charge < -0.3 is 10.6 Å². The average Bonchev–Trinajstić information content (AvgIpc) is 2.38. The highest BCUT2D eigenvalue weighted by Crippen LogP contribution is 2.13. The number of hydrogen-bond donors (Lipinski definition) is 4. The molecule has 0 spiro atoms. The third kappa shape index (κ3) is 4.05. The van der Waals surface area contributed by atoms with E-state index in [-0.39, 0.29) is 14.3 Å². The van der Waals surface area contributed by atoms with Crippen LogP contribution < -0.4 is 10.6 Å². The molecule has 0 radical (unpaired) electrons. The fourth-order valence-electron chi connectivity index (χ4n) is 1.03. The van der Waals surface area contributed by atoms with Gasteiger partial charge in [0.1, 0.15) is 5.70 Å². The highest BCUT2D eigenvalue weighted by Gasteiger charge is 2.30. The predicted octanol–water partition coefficient (Wildman–Crippen LogP) is 0.580. The van der Waals surface area contributed by atoms with Crippen molar-refractivity contribution in [2.75, 3.05) is 0 Å². The van der Waals surface area contributed by atoms with Crippen molar-refractivity contribution in [2.24, 2.45) is 5.34 Å². The van der Waals surface area contributed by atoms with Crippen molar-refractivity contribution in [2.45, 2.75) is 0 Å². The third-order valence-corrected chi connectivity index (χ3v) is 2.40. The number of nitrogens with zero attached hydrogens (tertiary/aromatic N) is 3. The summed E-state index contributed by atoms with van der Waals surface area (Å²) < 4.78 is -0.480. The maximum absolute atomic E-state index is 12.2. The zero-order chi connectivity index (χ0) is 14.4. The topological polar surface area (TPSA) is 86.3 Å². The van der Waals surface area contributed by atoms with Crippen LogP contribution >= 0.6 is 49.7 Å². The zero-order valence-electron chi connectivity index (χ0n) is 9.01. The Labute approximate surface area is 129 Å². The van der Waals surface area contributed by atoms with Gasteiger partial charge in [-0.1, -0.05) is 17.4 Å². The molecule has 0 aromatic rings. The molecule has 1 aliphatic heterocycles. The molecule has 0 bridgehead atoms. The summed E-state index contributed by atoms with van der Waals surface area (Å²) in [4.78, 5) is 26.7. The van der Waals surface area contributed by atoms with Gasteiger partial charge in [0.15, 0.2) is 14.0 Å². The Bertz CT molecular complexity index is 479. The highest BCUT2D eigenvalue weighted by molar-refractivity contribution is 8.11. The minimum atomic E-state index is -0.683. The SMILES string of the molecule is O=NON(C(=S)S)N(C(=O)C1=CNC=CN1)C(=S)S. The van der Waals surface area contributed by atoms with Crippen molar-refractivity contribution in [3.8, 4) is 0 Å². The first kappa shape index (κ1) is 15.7. The summed E-state index contributed by atoms with van der Waals surface area (Å²) in [5.74, 6) is -0.683. The number of carbonyl (C=O) groups excluding carboxylic acids is 1. The quantitative estimate of drug-likeness (QED) is 0.258. The zero-order valence-corrected chi connectivity index (χ0v) is 12.4. The van der Waals surface area contributed by atoms with Crippen molar-refractivity contribution in [1.29, 1.82) is 0 Å². The summed E-state index contributed by atoms with van der Waals surface area (Å²) in [6.07, 6.45) is 4.41. The van der Waals surface area contributed by atoms with Crippen LogP contribution in [-0.4, -0.2) is 24.7 Å². The smallest absolute Gasteiger partial charge is 0.299 e. The maximum Gasteiger partial charge on any atom is 0.299 e. The van der Waals surface area contributed by atoms with Crippen LogP contribution in [0.3, 0.4) is 0 Å². The Hall–Kier alpha value is -1.37. The lowest BCUT2D eigenvalue weighted by Crippen LogP contribution is -2.50. The molecule has 19 heavy (non-hydrogen) atoms. The van der Waals surface area contributed by atoms with E-state index in [4.69, 9.17) is 24.4 Å². The fourth-order valence-corrected chi connectivity index (χ4v) is 1.60. The van der Waals surface area contributed by atoms with Gasteiger partial charge in [-0.15, -0.1) is 30.2 Å². The minimum absolute atomic E-state index is 0.114. The van der Waals surface area contributed by atoms with E-state index in [1.807, 2.05) is 0 Å². The third-order valence-electron chi connectivity index (χ3n) is 1.71. The number of carbonyl (C=O) groups is 1. The van der Waals surface area contributed by atoms with Gasteiger partial charge in [0, 0.05) is 18.6 Å². The van der Waals surface area contributed by atoms with Crippen LogP contribution in [0.15, 0.2) is 29.6 Å². The molecule has 0 atom stereocenters. The Morgan fingerprint density at radius 2 is 2.00 bits per heavy atom. The van der Waals surface area contributed by atoms with Gasteiger partial charge in [0.2, 0.25) is 0 Å². The average molecular weight is 337 g/mol. The molecule has 12 heteroatoms. The van der Waals surface area contributed by atoms with Crippen LogP contribution in [0, 0.1) is 4.91 Å². The van der Waals surface area contributed by atoms with Crippen LogP contribution in [0.2, 0.25) is 0 Å². The predicted molar refractivity (Wildman–Crippen MR) is 82.2 cm³/mol. The molecular formula is C7H7N5O3S4. The van der Waals surface area contributed by atoms with Gasteiger partial charge in [0.25, 0.3) is 5.91 Å². The molecule has 0 aliphatic carbocycles. The lowest BCUT2D eigenvalue weighted by Gasteiger charge is -2.29. The Kier molecular flexibility index (Phi) is 6.01. The number of thiocarbonyl (C=S) groups is 2. The molecule has 2 N–H and O–H groups in total. The van der Waals surface area contributed by atoms with Crippen LogP contribution in [-0.2, 0) is 9.73 Å². The summed E-state index contributed by atoms with van der Waals surface area (Å²) in [6, 6.07) is 0. The standard InChI is InChI=1S/C7H7N5O3S4/c13-5(4-3-8-1-2-9-4)11(6(16)17)12(7(18)19)15-10-14/h1-3,8-9H,(H,16,17)(H,18,19). The van der Waals surface area contributed by atoms with E-state index >= 15 is 0 Å². The van der Waals surface area contributed by atoms with E-state index in [2.05, 4.69) is 46.2 Å². The summed E-state index contributed by atoms with van der Waals surface area (Å²) in [5, 5.41) is 8.76. The number of hydrazine groups is 1. The molecule has 102 valence electrons. The molecule has 0 unspecified atom stereocenters. The Balaban J connectivity index is 3.01. The fraction of sp³-hybridized carbons (Fsp3) is 0. The number of rotatable bonds is 3. The number of thiol groups is 2. The normalized spacial score (nSPS) is 12.4. The van der Waals surface area contributed by atoms with Gasteiger partial charge in [-0.2, -0.15) is 5.01 Å². The van der Waals surface area contributed by atoms with E-state index in [0.29, 0.717) is 10.2 Å². The maximum atomic E-state index is 12.2.